The highest BCUT2D eigenvalue weighted by atomic mass is 35.5. The lowest BCUT2D eigenvalue weighted by atomic mass is 10.0. The Kier molecular flexibility index (Phi) is 9.62. The summed E-state index contributed by atoms with van der Waals surface area (Å²) in [6.45, 7) is 3.76. The molecule has 0 saturated heterocycles. The highest BCUT2D eigenvalue weighted by Crippen LogP contribution is 2.24. The van der Waals surface area contributed by atoms with E-state index in [2.05, 4.69) is 18.2 Å². The molecule has 4 nitrogen and oxygen atoms in total. The molecule has 0 aliphatic carbocycles. The number of benzene rings is 2. The highest BCUT2D eigenvalue weighted by molar-refractivity contribution is 6.17. The molecule has 2 rings (SSSR count). The number of hydrogen-bond donors (Lipinski definition) is 0. The molecule has 0 aromatic heterocycles. The van der Waals surface area contributed by atoms with E-state index in [-0.39, 0.29) is 12.3 Å². The van der Waals surface area contributed by atoms with Gasteiger partial charge < -0.3 is 14.2 Å². The van der Waals surface area contributed by atoms with Gasteiger partial charge in [0.05, 0.1) is 13.7 Å². The van der Waals surface area contributed by atoms with Gasteiger partial charge in [-0.2, -0.15) is 0 Å². The van der Waals surface area contributed by atoms with E-state index in [1.807, 2.05) is 56.3 Å². The average Bonchev–Trinajstić information content (AvgIpc) is 2.71. The summed E-state index contributed by atoms with van der Waals surface area (Å²) in [6, 6.07) is 16.4. The molecule has 0 saturated carbocycles. The predicted molar refractivity (Wildman–Crippen MR) is 115 cm³/mol. The van der Waals surface area contributed by atoms with E-state index in [0.717, 1.165) is 24.3 Å². The zero-order chi connectivity index (χ0) is 20.4. The number of aryl methyl sites for hydroxylation is 2. The average molecular weight is 405 g/mol. The van der Waals surface area contributed by atoms with Crippen LogP contribution in [0.5, 0.6) is 11.5 Å². The predicted octanol–water partition coefficient (Wildman–Crippen LogP) is 4.94. The Morgan fingerprint density at radius 3 is 2.57 bits per heavy atom. The van der Waals surface area contributed by atoms with Crippen LogP contribution < -0.4 is 9.47 Å². The molecule has 0 amide bonds. The number of alkyl halides is 1. The fourth-order valence-corrected chi connectivity index (χ4v) is 3.10. The molecular weight excluding hydrogens is 374 g/mol. The lowest BCUT2D eigenvalue weighted by molar-refractivity contribution is -0.0545. The van der Waals surface area contributed by atoms with E-state index >= 15 is 0 Å². The van der Waals surface area contributed by atoms with Crippen LogP contribution in [0.2, 0.25) is 0 Å². The normalized spacial score (nSPS) is 13.4. The van der Waals surface area contributed by atoms with Crippen LogP contribution in [-0.2, 0) is 17.6 Å². The molecular formula is C23H31ClNO3. The van der Waals surface area contributed by atoms with Crippen LogP contribution >= 0.6 is 11.6 Å². The summed E-state index contributed by atoms with van der Waals surface area (Å²) < 4.78 is 17.5. The SMILES string of the molecule is COc1cccc(CCc2ccccc2O[C@@H](C(C)O[CH]CCCl)N(C)C)c1. The number of rotatable bonds is 12. The van der Waals surface area contributed by atoms with Crippen LogP contribution in [0.4, 0.5) is 0 Å². The van der Waals surface area contributed by atoms with E-state index in [4.69, 9.17) is 25.8 Å². The maximum Gasteiger partial charge on any atom is 0.178 e. The Balaban J connectivity index is 2.06. The molecule has 0 heterocycles. The summed E-state index contributed by atoms with van der Waals surface area (Å²) in [5.41, 5.74) is 2.42. The molecule has 0 aliphatic rings. The summed E-state index contributed by atoms with van der Waals surface area (Å²) in [6.07, 6.45) is 2.19. The number of para-hydroxylation sites is 1. The van der Waals surface area contributed by atoms with Gasteiger partial charge in [-0.1, -0.05) is 30.3 Å². The monoisotopic (exact) mass is 404 g/mol. The van der Waals surface area contributed by atoms with Gasteiger partial charge in [0.2, 0.25) is 0 Å². The lowest BCUT2D eigenvalue weighted by Gasteiger charge is -2.31. The highest BCUT2D eigenvalue weighted by Gasteiger charge is 2.23. The molecule has 0 N–H and O–H groups in total. The Hall–Kier alpha value is -1.75. The molecule has 1 unspecified atom stereocenters. The Labute approximate surface area is 174 Å². The van der Waals surface area contributed by atoms with Gasteiger partial charge in [-0.05, 0) is 69.6 Å². The molecule has 2 aromatic rings. The number of ether oxygens (including phenoxy) is 3. The molecule has 1 radical (unpaired) electrons. The first-order chi connectivity index (χ1) is 13.5. The van der Waals surface area contributed by atoms with Gasteiger partial charge in [0.15, 0.2) is 6.23 Å². The first-order valence-corrected chi connectivity index (χ1v) is 10.2. The van der Waals surface area contributed by atoms with E-state index < -0.39 is 0 Å². The molecule has 0 bridgehead atoms. The molecule has 2 aromatic carbocycles. The molecule has 2 atom stereocenters. The Bertz CT molecular complexity index is 708. The second kappa shape index (κ2) is 11.9. The van der Waals surface area contributed by atoms with Crippen molar-refractivity contribution in [2.45, 2.75) is 38.5 Å². The minimum atomic E-state index is -0.204. The molecule has 28 heavy (non-hydrogen) atoms. The third-order valence-electron chi connectivity index (χ3n) is 4.49. The van der Waals surface area contributed by atoms with Crippen molar-refractivity contribution in [3.8, 4) is 11.5 Å². The van der Waals surface area contributed by atoms with E-state index in [1.54, 1.807) is 13.7 Å². The van der Waals surface area contributed by atoms with Crippen LogP contribution in [0.1, 0.15) is 24.5 Å². The molecule has 5 heteroatoms. The largest absolute Gasteiger partial charge is 0.497 e. The van der Waals surface area contributed by atoms with Crippen molar-refractivity contribution in [2.75, 3.05) is 27.1 Å². The summed E-state index contributed by atoms with van der Waals surface area (Å²) in [7, 11) is 5.67. The van der Waals surface area contributed by atoms with Gasteiger partial charge in [-0.15, -0.1) is 11.6 Å². The van der Waals surface area contributed by atoms with Crippen molar-refractivity contribution in [1.29, 1.82) is 0 Å². The van der Waals surface area contributed by atoms with Crippen LogP contribution in [0.15, 0.2) is 48.5 Å². The molecule has 0 spiro atoms. The summed E-state index contributed by atoms with van der Waals surface area (Å²) in [4.78, 5) is 2.03. The smallest absolute Gasteiger partial charge is 0.178 e. The molecule has 153 valence electrons. The fraction of sp³-hybridized carbons (Fsp3) is 0.435. The lowest BCUT2D eigenvalue weighted by Crippen LogP contribution is -2.43. The third kappa shape index (κ3) is 7.01. The molecule has 0 aliphatic heterocycles. The Morgan fingerprint density at radius 2 is 1.86 bits per heavy atom. The summed E-state index contributed by atoms with van der Waals surface area (Å²) in [5, 5.41) is 0. The van der Waals surface area contributed by atoms with Gasteiger partial charge in [0.1, 0.15) is 17.6 Å². The van der Waals surface area contributed by atoms with Crippen LogP contribution in [-0.4, -0.2) is 44.3 Å². The maximum absolute atomic E-state index is 6.36. The number of halogens is 1. The maximum atomic E-state index is 6.36. The van der Waals surface area contributed by atoms with Gasteiger partial charge in [0.25, 0.3) is 0 Å². The van der Waals surface area contributed by atoms with Crippen molar-refractivity contribution >= 4 is 11.6 Å². The minimum Gasteiger partial charge on any atom is -0.497 e. The van der Waals surface area contributed by atoms with Crippen molar-refractivity contribution in [3.05, 3.63) is 66.3 Å². The number of methoxy groups -OCH3 is 1. The quantitative estimate of drug-likeness (QED) is 0.285. The van der Waals surface area contributed by atoms with E-state index in [9.17, 15) is 0 Å². The van der Waals surface area contributed by atoms with E-state index in [0.29, 0.717) is 12.3 Å². The van der Waals surface area contributed by atoms with Crippen LogP contribution in [0.3, 0.4) is 0 Å². The first kappa shape index (κ1) is 22.5. The Morgan fingerprint density at radius 1 is 1.07 bits per heavy atom. The van der Waals surface area contributed by atoms with Crippen molar-refractivity contribution in [2.24, 2.45) is 0 Å². The summed E-state index contributed by atoms with van der Waals surface area (Å²) in [5.74, 6) is 2.32. The zero-order valence-electron chi connectivity index (χ0n) is 17.2. The van der Waals surface area contributed by atoms with Crippen LogP contribution in [0.25, 0.3) is 0 Å². The second-order valence-corrected chi connectivity index (χ2v) is 7.29. The first-order valence-electron chi connectivity index (χ1n) is 9.62. The van der Waals surface area contributed by atoms with E-state index in [1.165, 1.54) is 11.1 Å². The zero-order valence-corrected chi connectivity index (χ0v) is 18.0. The minimum absolute atomic E-state index is 0.121. The summed E-state index contributed by atoms with van der Waals surface area (Å²) >= 11 is 5.72. The third-order valence-corrected chi connectivity index (χ3v) is 4.70. The second-order valence-electron chi connectivity index (χ2n) is 6.92. The van der Waals surface area contributed by atoms with Gasteiger partial charge >= 0.3 is 0 Å². The van der Waals surface area contributed by atoms with Crippen LogP contribution in [0, 0.1) is 6.61 Å². The van der Waals surface area contributed by atoms with Gasteiger partial charge in [-0.3, -0.25) is 4.90 Å². The molecule has 0 fully saturated rings. The van der Waals surface area contributed by atoms with Gasteiger partial charge in [-0.25, -0.2) is 0 Å². The topological polar surface area (TPSA) is 30.9 Å². The number of nitrogens with zero attached hydrogens (tertiary/aromatic N) is 1. The van der Waals surface area contributed by atoms with Crippen molar-refractivity contribution < 1.29 is 14.2 Å². The number of hydrogen-bond acceptors (Lipinski definition) is 4. The van der Waals surface area contributed by atoms with Gasteiger partial charge in [0, 0.05) is 5.88 Å². The number of likely N-dealkylation sites (N-methyl/N-ethyl adjacent to an activating group) is 1. The van der Waals surface area contributed by atoms with Crippen molar-refractivity contribution in [3.63, 3.8) is 0 Å². The standard InChI is InChI=1S/C23H31ClNO3/c1-18(27-16-8-15-24)23(25(2)3)28-22-12-6-5-10-20(22)14-13-19-9-7-11-21(17-19)26-4/h5-7,9-12,16-18,23H,8,13-15H2,1-4H3/t18?,23-/m0/s1. The fourth-order valence-electron chi connectivity index (χ4n) is 3.02. The van der Waals surface area contributed by atoms with Crippen molar-refractivity contribution in [1.82, 2.24) is 4.90 Å².